The van der Waals surface area contributed by atoms with Crippen molar-refractivity contribution in [2.24, 2.45) is 0 Å². The molecule has 2 saturated heterocycles. The number of methoxy groups -OCH3 is 4. The van der Waals surface area contributed by atoms with Gasteiger partial charge in [-0.15, -0.1) is 0 Å². The molecular formula is C40H49N7O8. The van der Waals surface area contributed by atoms with Crippen molar-refractivity contribution in [1.29, 1.82) is 0 Å². The van der Waals surface area contributed by atoms with E-state index in [9.17, 15) is 19.2 Å². The second-order valence-electron chi connectivity index (χ2n) is 13.7. The van der Waals surface area contributed by atoms with Crippen LogP contribution in [0.2, 0.25) is 0 Å². The van der Waals surface area contributed by atoms with E-state index in [-0.39, 0.29) is 37.1 Å². The van der Waals surface area contributed by atoms with Gasteiger partial charge in [0.15, 0.2) is 0 Å². The van der Waals surface area contributed by atoms with E-state index in [1.807, 2.05) is 17.0 Å². The first-order valence-corrected chi connectivity index (χ1v) is 18.4. The van der Waals surface area contributed by atoms with Crippen LogP contribution in [-0.4, -0.2) is 122 Å². The molecule has 4 amide bonds. The molecule has 2 aromatic heterocycles. The molecule has 4 atom stereocenters. The number of likely N-dealkylation sites (tertiary alicyclic amines) is 2. The second-order valence-corrected chi connectivity index (χ2v) is 13.7. The van der Waals surface area contributed by atoms with Gasteiger partial charge in [-0.25, -0.2) is 14.6 Å². The third-order valence-electron chi connectivity index (χ3n) is 10.3. The first-order valence-electron chi connectivity index (χ1n) is 18.4. The van der Waals surface area contributed by atoms with Gasteiger partial charge in [0.05, 0.1) is 45.4 Å². The molecule has 15 heteroatoms. The standard InChI is InChI=1S/C40H49N7O8/c1-52-23-33(44-39(50)54-3)37(48)46-19-5-7-30(46)21-29-17-18-31(42-29)27-13-9-25(10-14-27)26-11-15-28(16-12-26)32-22-41-36(43-32)35-8-6-20-47(35)38(49)34(24-53-2)45-40(51)55-4/h9-18,22,30,33-35,42H,5-8,19-21,23-24H2,1-4H3,(H,41,43)(H,44,50)(H,45,51)/t30-,33-,34-,35-/m0/s1. The number of hydrogen-bond acceptors (Lipinski definition) is 9. The van der Waals surface area contributed by atoms with E-state index in [1.54, 1.807) is 11.1 Å². The third kappa shape index (κ3) is 9.18. The summed E-state index contributed by atoms with van der Waals surface area (Å²) in [5, 5.41) is 5.16. The van der Waals surface area contributed by atoms with Crippen LogP contribution in [0.4, 0.5) is 9.59 Å². The predicted molar refractivity (Wildman–Crippen MR) is 204 cm³/mol. The van der Waals surface area contributed by atoms with Crippen LogP contribution < -0.4 is 10.6 Å². The Bertz CT molecular complexity index is 1930. The largest absolute Gasteiger partial charge is 0.453 e. The zero-order chi connectivity index (χ0) is 38.9. The maximum Gasteiger partial charge on any atom is 0.407 e. The van der Waals surface area contributed by atoms with E-state index < -0.39 is 24.3 Å². The first-order chi connectivity index (χ1) is 26.7. The molecule has 6 rings (SSSR count). The number of ether oxygens (including phenoxy) is 4. The van der Waals surface area contributed by atoms with Crippen LogP contribution in [0.25, 0.3) is 33.6 Å². The molecule has 15 nitrogen and oxygen atoms in total. The topological polar surface area (TPSA) is 180 Å². The van der Waals surface area contributed by atoms with Crippen LogP contribution in [0.3, 0.4) is 0 Å². The highest BCUT2D eigenvalue weighted by molar-refractivity contribution is 5.87. The molecule has 55 heavy (non-hydrogen) atoms. The highest BCUT2D eigenvalue weighted by Gasteiger charge is 2.37. The number of alkyl carbamates (subject to hydrolysis) is 2. The maximum absolute atomic E-state index is 13.4. The lowest BCUT2D eigenvalue weighted by molar-refractivity contribution is -0.136. The molecule has 2 aliphatic rings. The zero-order valence-corrected chi connectivity index (χ0v) is 31.6. The van der Waals surface area contributed by atoms with Gasteiger partial charge in [-0.05, 0) is 60.1 Å². The highest BCUT2D eigenvalue weighted by Crippen LogP contribution is 2.33. The van der Waals surface area contributed by atoms with Crippen molar-refractivity contribution in [3.05, 3.63) is 78.4 Å². The van der Waals surface area contributed by atoms with E-state index in [2.05, 4.69) is 74.1 Å². The van der Waals surface area contributed by atoms with Gasteiger partial charge in [0.2, 0.25) is 11.8 Å². The molecular weight excluding hydrogens is 706 g/mol. The summed E-state index contributed by atoms with van der Waals surface area (Å²) in [5.74, 6) is 0.278. The van der Waals surface area contributed by atoms with Gasteiger partial charge >= 0.3 is 12.2 Å². The summed E-state index contributed by atoms with van der Waals surface area (Å²) < 4.78 is 19.8. The van der Waals surface area contributed by atoms with Crippen LogP contribution in [0.15, 0.2) is 66.9 Å². The summed E-state index contributed by atoms with van der Waals surface area (Å²) in [4.78, 5) is 65.6. The molecule has 2 aromatic carbocycles. The van der Waals surface area contributed by atoms with Crippen molar-refractivity contribution >= 4 is 24.0 Å². The number of carbonyl (C=O) groups is 4. The number of hydrogen-bond donors (Lipinski definition) is 4. The van der Waals surface area contributed by atoms with Crippen molar-refractivity contribution in [2.45, 2.75) is 56.3 Å². The van der Waals surface area contributed by atoms with Crippen molar-refractivity contribution in [3.63, 3.8) is 0 Å². The number of aromatic nitrogens is 3. The summed E-state index contributed by atoms with van der Waals surface area (Å²) in [6.07, 6.45) is 4.44. The van der Waals surface area contributed by atoms with Crippen LogP contribution in [0, 0.1) is 0 Å². The number of aromatic amines is 2. The van der Waals surface area contributed by atoms with Gasteiger partial charge < -0.3 is 49.3 Å². The fraction of sp³-hybridized carbons (Fsp3) is 0.425. The predicted octanol–water partition coefficient (Wildman–Crippen LogP) is 4.68. The maximum atomic E-state index is 13.4. The van der Waals surface area contributed by atoms with Crippen LogP contribution in [0.1, 0.15) is 43.2 Å². The number of amides is 4. The quantitative estimate of drug-likeness (QED) is 0.142. The Labute approximate surface area is 320 Å². The van der Waals surface area contributed by atoms with Gasteiger partial charge in [0.1, 0.15) is 17.9 Å². The fourth-order valence-corrected chi connectivity index (χ4v) is 7.46. The Morgan fingerprint density at radius 2 is 1.22 bits per heavy atom. The second kappa shape index (κ2) is 18.1. The number of benzene rings is 2. The Morgan fingerprint density at radius 3 is 1.80 bits per heavy atom. The zero-order valence-electron chi connectivity index (χ0n) is 31.6. The summed E-state index contributed by atoms with van der Waals surface area (Å²) in [6.45, 7) is 1.28. The fourth-order valence-electron chi connectivity index (χ4n) is 7.46. The van der Waals surface area contributed by atoms with Gasteiger partial charge in [0, 0.05) is 51.2 Å². The minimum atomic E-state index is -0.860. The monoisotopic (exact) mass is 755 g/mol. The lowest BCUT2D eigenvalue weighted by atomic mass is 10.0. The van der Waals surface area contributed by atoms with Crippen molar-refractivity contribution in [2.75, 3.05) is 54.7 Å². The highest BCUT2D eigenvalue weighted by atomic mass is 16.5. The summed E-state index contributed by atoms with van der Waals surface area (Å²) in [7, 11) is 5.50. The average Bonchev–Trinajstić information content (AvgIpc) is 4.05. The SMILES string of the molecule is COC[C@H](NC(=O)OC)C(=O)N1CCC[C@H]1Cc1ccc(-c2ccc(-c3ccc(-c4cnc([C@@H]5CCCN5C(=O)[C@H](COC)NC(=O)OC)[nH]4)cc3)cc2)[nH]1. The Morgan fingerprint density at radius 1 is 0.691 bits per heavy atom. The summed E-state index contributed by atoms with van der Waals surface area (Å²) in [5.41, 5.74) is 7.02. The third-order valence-corrected chi connectivity index (χ3v) is 10.3. The van der Waals surface area contributed by atoms with Gasteiger partial charge in [-0.3, -0.25) is 9.59 Å². The Hall–Kier alpha value is -5.67. The number of imidazole rings is 1. The van der Waals surface area contributed by atoms with Gasteiger partial charge in [-0.1, -0.05) is 48.5 Å². The van der Waals surface area contributed by atoms with E-state index in [4.69, 9.17) is 18.9 Å². The van der Waals surface area contributed by atoms with E-state index in [0.717, 1.165) is 65.0 Å². The lowest BCUT2D eigenvalue weighted by Crippen LogP contribution is -2.52. The molecule has 0 saturated carbocycles. The molecule has 292 valence electrons. The summed E-state index contributed by atoms with van der Waals surface area (Å²) in [6, 6.07) is 18.8. The number of nitrogens with zero attached hydrogens (tertiary/aromatic N) is 3. The molecule has 2 aliphatic heterocycles. The Kier molecular flexibility index (Phi) is 12.8. The minimum Gasteiger partial charge on any atom is -0.453 e. The van der Waals surface area contributed by atoms with Crippen molar-refractivity contribution in [1.82, 2.24) is 35.4 Å². The minimum absolute atomic E-state index is 0.00814. The van der Waals surface area contributed by atoms with E-state index >= 15 is 0 Å². The Balaban J connectivity index is 1.07. The molecule has 0 spiro atoms. The van der Waals surface area contributed by atoms with Crippen molar-refractivity contribution < 1.29 is 38.1 Å². The normalized spacial score (nSPS) is 17.8. The van der Waals surface area contributed by atoms with Gasteiger partial charge in [-0.2, -0.15) is 0 Å². The number of nitrogens with one attached hydrogen (secondary N) is 4. The lowest BCUT2D eigenvalue weighted by Gasteiger charge is -2.28. The molecule has 4 heterocycles. The first kappa shape index (κ1) is 39.0. The van der Waals surface area contributed by atoms with Crippen LogP contribution in [0.5, 0.6) is 0 Å². The number of rotatable bonds is 14. The molecule has 2 fully saturated rings. The summed E-state index contributed by atoms with van der Waals surface area (Å²) >= 11 is 0. The van der Waals surface area contributed by atoms with Crippen LogP contribution in [-0.2, 0) is 35.0 Å². The molecule has 0 bridgehead atoms. The molecule has 0 radical (unpaired) electrons. The van der Waals surface area contributed by atoms with E-state index in [0.29, 0.717) is 25.3 Å². The smallest absolute Gasteiger partial charge is 0.407 e. The van der Waals surface area contributed by atoms with Crippen LogP contribution >= 0.6 is 0 Å². The van der Waals surface area contributed by atoms with Gasteiger partial charge in [0.25, 0.3) is 0 Å². The van der Waals surface area contributed by atoms with E-state index in [1.165, 1.54) is 28.4 Å². The molecule has 0 aliphatic carbocycles. The molecule has 4 N–H and O–H groups in total. The number of carbonyl (C=O) groups excluding carboxylic acids is 4. The number of H-pyrrole nitrogens is 2. The molecule has 4 aromatic rings. The van der Waals surface area contributed by atoms with Crippen molar-refractivity contribution in [3.8, 4) is 33.6 Å². The average molecular weight is 756 g/mol. The molecule has 0 unspecified atom stereocenters.